The molecule has 0 saturated heterocycles. The molecule has 0 spiro atoms. The molecule has 0 bridgehead atoms. The number of aldehydes is 1. The minimum Gasteiger partial charge on any atom is -0.372 e. The summed E-state index contributed by atoms with van der Waals surface area (Å²) in [7, 11) is 0. The van der Waals surface area contributed by atoms with Crippen LogP contribution in [0, 0.1) is 17.3 Å². The molecule has 1 aromatic rings. The fraction of sp³-hybridized carbons (Fsp3) is 0.526. The van der Waals surface area contributed by atoms with Crippen LogP contribution in [0.15, 0.2) is 41.5 Å². The number of rotatable bonds is 5. The van der Waals surface area contributed by atoms with Crippen molar-refractivity contribution >= 4 is 6.29 Å². The summed E-state index contributed by atoms with van der Waals surface area (Å²) in [6, 6.07) is 10.2. The normalized spacial score (nSPS) is 25.0. The fourth-order valence-corrected chi connectivity index (χ4v) is 3.65. The van der Waals surface area contributed by atoms with Gasteiger partial charge in [-0.25, -0.2) is 0 Å². The van der Waals surface area contributed by atoms with Crippen LogP contribution in [-0.4, -0.2) is 12.9 Å². The van der Waals surface area contributed by atoms with Crippen molar-refractivity contribution in [1.29, 1.82) is 0 Å². The number of hydrogen-bond acceptors (Lipinski definition) is 2. The Hall–Kier alpha value is -1.41. The van der Waals surface area contributed by atoms with Crippen LogP contribution in [0.3, 0.4) is 0 Å². The van der Waals surface area contributed by atoms with Crippen molar-refractivity contribution < 1.29 is 9.53 Å². The van der Waals surface area contributed by atoms with Crippen molar-refractivity contribution in [3.05, 3.63) is 47.0 Å². The predicted molar refractivity (Wildman–Crippen MR) is 85.9 cm³/mol. The number of carbonyl (C=O) groups excluding carboxylic acids is 1. The van der Waals surface area contributed by atoms with Gasteiger partial charge in [0, 0.05) is 5.92 Å². The molecule has 0 amide bonds. The lowest BCUT2D eigenvalue weighted by Crippen LogP contribution is -2.38. The summed E-state index contributed by atoms with van der Waals surface area (Å²) in [4.78, 5) is 11.5. The maximum atomic E-state index is 11.5. The molecule has 0 N–H and O–H groups in total. The largest absolute Gasteiger partial charge is 0.372 e. The van der Waals surface area contributed by atoms with E-state index in [0.29, 0.717) is 19.1 Å². The zero-order chi connectivity index (χ0) is 15.5. The standard InChI is InChI=1S/C19H26O2/c1-14-10-15(2)18(19(3,4)17(14)11-20)13-21-12-16-8-6-5-7-9-16/h5-9,11,14,17H,10,12-13H2,1-4H3/t14-,17+/m0/s1. The first-order valence-electron chi connectivity index (χ1n) is 7.73. The van der Waals surface area contributed by atoms with Gasteiger partial charge in [0.1, 0.15) is 6.29 Å². The van der Waals surface area contributed by atoms with Gasteiger partial charge < -0.3 is 9.53 Å². The summed E-state index contributed by atoms with van der Waals surface area (Å²) in [6.45, 7) is 9.94. The van der Waals surface area contributed by atoms with Crippen molar-refractivity contribution in [2.24, 2.45) is 17.3 Å². The first-order chi connectivity index (χ1) is 9.96. The molecule has 1 aliphatic rings. The van der Waals surface area contributed by atoms with E-state index in [4.69, 9.17) is 4.74 Å². The van der Waals surface area contributed by atoms with Gasteiger partial charge in [0.15, 0.2) is 0 Å². The molecule has 21 heavy (non-hydrogen) atoms. The Bertz CT molecular complexity index is 514. The van der Waals surface area contributed by atoms with Crippen LogP contribution in [0.4, 0.5) is 0 Å². The highest BCUT2D eigenvalue weighted by Crippen LogP contribution is 2.46. The number of carbonyl (C=O) groups is 1. The average molecular weight is 286 g/mol. The molecular weight excluding hydrogens is 260 g/mol. The highest BCUT2D eigenvalue weighted by atomic mass is 16.5. The molecule has 114 valence electrons. The molecule has 2 nitrogen and oxygen atoms in total. The molecule has 2 atom stereocenters. The minimum atomic E-state index is -0.111. The second kappa shape index (κ2) is 6.57. The first-order valence-corrected chi connectivity index (χ1v) is 7.73. The summed E-state index contributed by atoms with van der Waals surface area (Å²) in [5.41, 5.74) is 3.76. The highest BCUT2D eigenvalue weighted by Gasteiger charge is 2.40. The van der Waals surface area contributed by atoms with Crippen LogP contribution in [0.2, 0.25) is 0 Å². The van der Waals surface area contributed by atoms with E-state index in [1.54, 1.807) is 0 Å². The van der Waals surface area contributed by atoms with Crippen molar-refractivity contribution in [2.45, 2.75) is 40.7 Å². The highest BCUT2D eigenvalue weighted by molar-refractivity contribution is 5.58. The third kappa shape index (κ3) is 3.44. The van der Waals surface area contributed by atoms with E-state index in [2.05, 4.69) is 39.8 Å². The summed E-state index contributed by atoms with van der Waals surface area (Å²) < 4.78 is 5.92. The Balaban J connectivity index is 2.07. The van der Waals surface area contributed by atoms with E-state index < -0.39 is 0 Å². The molecule has 2 rings (SSSR count). The van der Waals surface area contributed by atoms with E-state index in [0.717, 1.165) is 12.7 Å². The van der Waals surface area contributed by atoms with Crippen LogP contribution in [0.1, 0.15) is 39.7 Å². The molecule has 0 heterocycles. The number of allylic oxidation sites excluding steroid dienone is 1. The molecule has 1 aliphatic carbocycles. The summed E-state index contributed by atoms with van der Waals surface area (Å²) >= 11 is 0. The lowest BCUT2D eigenvalue weighted by Gasteiger charge is -2.42. The Labute approximate surface area is 128 Å². The molecule has 0 radical (unpaired) electrons. The van der Waals surface area contributed by atoms with Gasteiger partial charge in [0.2, 0.25) is 0 Å². The van der Waals surface area contributed by atoms with Crippen LogP contribution < -0.4 is 0 Å². The summed E-state index contributed by atoms with van der Waals surface area (Å²) in [5.74, 6) is 0.492. The Morgan fingerprint density at radius 2 is 1.90 bits per heavy atom. The van der Waals surface area contributed by atoms with Crippen molar-refractivity contribution in [1.82, 2.24) is 0 Å². The molecule has 0 aliphatic heterocycles. The second-order valence-electron chi connectivity index (χ2n) is 6.80. The van der Waals surface area contributed by atoms with Crippen molar-refractivity contribution in [3.63, 3.8) is 0 Å². The summed E-state index contributed by atoms with van der Waals surface area (Å²) in [6.07, 6.45) is 2.13. The lowest BCUT2D eigenvalue weighted by molar-refractivity contribution is -0.115. The SMILES string of the molecule is CC1=C(COCc2ccccc2)C(C)(C)[C@H](C=O)[C@@H](C)C1. The van der Waals surface area contributed by atoms with Crippen LogP contribution in [0.5, 0.6) is 0 Å². The van der Waals surface area contributed by atoms with Crippen LogP contribution >= 0.6 is 0 Å². The number of ether oxygens (including phenoxy) is 1. The quantitative estimate of drug-likeness (QED) is 0.592. The third-order valence-electron chi connectivity index (χ3n) is 4.87. The van der Waals surface area contributed by atoms with E-state index in [1.807, 2.05) is 18.2 Å². The van der Waals surface area contributed by atoms with Crippen molar-refractivity contribution in [2.75, 3.05) is 6.61 Å². The van der Waals surface area contributed by atoms with Crippen molar-refractivity contribution in [3.8, 4) is 0 Å². The van der Waals surface area contributed by atoms with Gasteiger partial charge in [0.05, 0.1) is 13.2 Å². The maximum Gasteiger partial charge on any atom is 0.124 e. The first kappa shape index (κ1) is 16.0. The Kier molecular flexibility index (Phi) is 5.00. The van der Waals surface area contributed by atoms with E-state index in [1.165, 1.54) is 16.7 Å². The Morgan fingerprint density at radius 1 is 1.24 bits per heavy atom. The molecule has 2 heteroatoms. The molecule has 0 aromatic heterocycles. The molecule has 0 unspecified atom stereocenters. The third-order valence-corrected chi connectivity index (χ3v) is 4.87. The van der Waals surface area contributed by atoms with Gasteiger partial charge in [-0.3, -0.25) is 0 Å². The maximum absolute atomic E-state index is 11.5. The zero-order valence-electron chi connectivity index (χ0n) is 13.6. The van der Waals surface area contributed by atoms with Gasteiger partial charge in [-0.15, -0.1) is 0 Å². The second-order valence-corrected chi connectivity index (χ2v) is 6.80. The summed E-state index contributed by atoms with van der Waals surface area (Å²) in [5, 5.41) is 0. The van der Waals surface area contributed by atoms with Gasteiger partial charge in [-0.05, 0) is 35.8 Å². The van der Waals surface area contributed by atoms with Gasteiger partial charge >= 0.3 is 0 Å². The van der Waals surface area contributed by atoms with Crippen LogP contribution in [-0.2, 0) is 16.1 Å². The molecule has 1 aromatic carbocycles. The zero-order valence-corrected chi connectivity index (χ0v) is 13.6. The van der Waals surface area contributed by atoms with Gasteiger partial charge in [-0.2, -0.15) is 0 Å². The van der Waals surface area contributed by atoms with E-state index in [9.17, 15) is 4.79 Å². The van der Waals surface area contributed by atoms with E-state index >= 15 is 0 Å². The van der Waals surface area contributed by atoms with Gasteiger partial charge in [-0.1, -0.05) is 56.7 Å². The number of hydrogen-bond donors (Lipinski definition) is 0. The molecule has 0 saturated carbocycles. The number of benzene rings is 1. The van der Waals surface area contributed by atoms with E-state index in [-0.39, 0.29) is 11.3 Å². The topological polar surface area (TPSA) is 26.3 Å². The van der Waals surface area contributed by atoms with Crippen LogP contribution in [0.25, 0.3) is 0 Å². The smallest absolute Gasteiger partial charge is 0.124 e. The fourth-order valence-electron chi connectivity index (χ4n) is 3.65. The molecular formula is C19H26O2. The molecule has 0 fully saturated rings. The van der Waals surface area contributed by atoms with Gasteiger partial charge in [0.25, 0.3) is 0 Å². The average Bonchev–Trinajstić information content (AvgIpc) is 2.43. The lowest BCUT2D eigenvalue weighted by atomic mass is 9.62. The minimum absolute atomic E-state index is 0.0801. The monoisotopic (exact) mass is 286 g/mol. The predicted octanol–water partition coefficient (Wildman–Crippen LogP) is 4.40. The Morgan fingerprint density at radius 3 is 2.52 bits per heavy atom.